The van der Waals surface area contributed by atoms with Crippen LogP contribution in [0.4, 0.5) is 0 Å². The molecule has 0 amide bonds. The van der Waals surface area contributed by atoms with Crippen molar-refractivity contribution in [3.05, 3.63) is 47.9 Å². The SMILES string of the molecule is Cc1cc(-c2ccccc2)n2nc(C)nc2n1. The lowest BCUT2D eigenvalue weighted by Gasteiger charge is -2.04. The van der Waals surface area contributed by atoms with E-state index in [0.29, 0.717) is 5.78 Å². The molecule has 17 heavy (non-hydrogen) atoms. The number of hydrogen-bond acceptors (Lipinski definition) is 3. The van der Waals surface area contributed by atoms with Crippen LogP contribution in [-0.2, 0) is 0 Å². The van der Waals surface area contributed by atoms with Gasteiger partial charge in [0.1, 0.15) is 5.82 Å². The molecule has 2 aromatic heterocycles. The Morgan fingerprint density at radius 1 is 1.00 bits per heavy atom. The Labute approximate surface area is 99.0 Å². The topological polar surface area (TPSA) is 43.1 Å². The average Bonchev–Trinajstić information content (AvgIpc) is 2.69. The summed E-state index contributed by atoms with van der Waals surface area (Å²) in [5.74, 6) is 1.39. The first-order chi connectivity index (χ1) is 8.24. The van der Waals surface area contributed by atoms with E-state index in [9.17, 15) is 0 Å². The van der Waals surface area contributed by atoms with Crippen molar-refractivity contribution >= 4 is 5.78 Å². The van der Waals surface area contributed by atoms with Crippen LogP contribution in [0.25, 0.3) is 17.0 Å². The third-order valence-corrected chi connectivity index (χ3v) is 2.62. The van der Waals surface area contributed by atoms with Crippen molar-refractivity contribution in [3.8, 4) is 11.3 Å². The van der Waals surface area contributed by atoms with Crippen molar-refractivity contribution < 1.29 is 0 Å². The lowest BCUT2D eigenvalue weighted by Crippen LogP contribution is -1.98. The molecule has 0 aliphatic heterocycles. The number of nitrogens with zero attached hydrogens (tertiary/aromatic N) is 4. The van der Waals surface area contributed by atoms with Crippen molar-refractivity contribution in [3.63, 3.8) is 0 Å². The van der Waals surface area contributed by atoms with E-state index >= 15 is 0 Å². The zero-order chi connectivity index (χ0) is 11.8. The van der Waals surface area contributed by atoms with Crippen molar-refractivity contribution in [2.45, 2.75) is 13.8 Å². The molecule has 4 nitrogen and oxygen atoms in total. The molecule has 4 heteroatoms. The lowest BCUT2D eigenvalue weighted by molar-refractivity contribution is 0.917. The van der Waals surface area contributed by atoms with Crippen LogP contribution in [0.1, 0.15) is 11.5 Å². The second kappa shape index (κ2) is 3.66. The molecule has 0 N–H and O–H groups in total. The summed E-state index contributed by atoms with van der Waals surface area (Å²) >= 11 is 0. The van der Waals surface area contributed by atoms with Gasteiger partial charge in [0.05, 0.1) is 5.69 Å². The van der Waals surface area contributed by atoms with Crippen molar-refractivity contribution in [1.29, 1.82) is 0 Å². The van der Waals surface area contributed by atoms with E-state index in [1.54, 1.807) is 4.52 Å². The number of fused-ring (bicyclic) bond motifs is 1. The van der Waals surface area contributed by atoms with Crippen molar-refractivity contribution in [2.24, 2.45) is 0 Å². The first kappa shape index (κ1) is 9.96. The molecule has 3 aromatic rings. The zero-order valence-electron chi connectivity index (χ0n) is 9.75. The third-order valence-electron chi connectivity index (χ3n) is 2.62. The van der Waals surface area contributed by atoms with E-state index in [1.165, 1.54) is 0 Å². The number of rotatable bonds is 1. The van der Waals surface area contributed by atoms with Gasteiger partial charge < -0.3 is 0 Å². The molecule has 0 spiro atoms. The Morgan fingerprint density at radius 2 is 1.76 bits per heavy atom. The van der Waals surface area contributed by atoms with Gasteiger partial charge in [-0.15, -0.1) is 5.10 Å². The largest absolute Gasteiger partial charge is 0.253 e. The molecule has 0 aliphatic carbocycles. The molecule has 0 bridgehead atoms. The molecule has 0 aliphatic rings. The maximum Gasteiger partial charge on any atom is 0.253 e. The van der Waals surface area contributed by atoms with Gasteiger partial charge in [0.25, 0.3) is 5.78 Å². The molecule has 0 unspecified atom stereocenters. The summed E-state index contributed by atoms with van der Waals surface area (Å²) in [6, 6.07) is 12.2. The van der Waals surface area contributed by atoms with E-state index in [0.717, 1.165) is 22.8 Å². The third kappa shape index (κ3) is 1.67. The molecule has 0 saturated carbocycles. The normalized spacial score (nSPS) is 10.9. The first-order valence-electron chi connectivity index (χ1n) is 5.50. The van der Waals surface area contributed by atoms with Crippen molar-refractivity contribution in [2.75, 3.05) is 0 Å². The molecule has 1 aromatic carbocycles. The Kier molecular flexibility index (Phi) is 2.14. The monoisotopic (exact) mass is 224 g/mol. The highest BCUT2D eigenvalue weighted by Gasteiger charge is 2.08. The summed E-state index contributed by atoms with van der Waals surface area (Å²) in [5.41, 5.74) is 3.09. The summed E-state index contributed by atoms with van der Waals surface area (Å²) in [6.07, 6.45) is 0. The second-order valence-electron chi connectivity index (χ2n) is 4.02. The van der Waals surface area contributed by atoms with E-state index in [4.69, 9.17) is 0 Å². The minimum absolute atomic E-state index is 0.654. The molecule has 84 valence electrons. The highest BCUT2D eigenvalue weighted by molar-refractivity contribution is 5.61. The van der Waals surface area contributed by atoms with Gasteiger partial charge in [-0.2, -0.15) is 9.50 Å². The first-order valence-corrected chi connectivity index (χ1v) is 5.50. The molecule has 2 heterocycles. The van der Waals surface area contributed by atoms with E-state index in [1.807, 2.05) is 38.1 Å². The van der Waals surface area contributed by atoms with Crippen LogP contribution in [0.3, 0.4) is 0 Å². The average molecular weight is 224 g/mol. The van der Waals surface area contributed by atoms with Crippen LogP contribution in [0.15, 0.2) is 36.4 Å². The second-order valence-corrected chi connectivity index (χ2v) is 4.02. The smallest absolute Gasteiger partial charge is 0.216 e. The fraction of sp³-hybridized carbons (Fsp3) is 0.154. The van der Waals surface area contributed by atoms with Crippen molar-refractivity contribution in [1.82, 2.24) is 19.6 Å². The summed E-state index contributed by atoms with van der Waals surface area (Å²) in [6.45, 7) is 3.84. The predicted molar refractivity (Wildman–Crippen MR) is 65.7 cm³/mol. The van der Waals surface area contributed by atoms with Crippen LogP contribution in [0, 0.1) is 13.8 Å². The van der Waals surface area contributed by atoms with Crippen LogP contribution < -0.4 is 0 Å². The Balaban J connectivity index is 2.35. The van der Waals surface area contributed by atoms with Gasteiger partial charge in [0.2, 0.25) is 0 Å². The molecule has 0 fully saturated rings. The highest BCUT2D eigenvalue weighted by Crippen LogP contribution is 2.19. The summed E-state index contributed by atoms with van der Waals surface area (Å²) in [5, 5.41) is 4.37. The van der Waals surface area contributed by atoms with Crippen LogP contribution in [0.5, 0.6) is 0 Å². The standard InChI is InChI=1S/C13H12N4/c1-9-8-12(11-6-4-3-5-7-11)17-13(14-9)15-10(2)16-17/h3-8H,1-2H3. The van der Waals surface area contributed by atoms with Crippen LogP contribution in [0.2, 0.25) is 0 Å². The fourth-order valence-corrected chi connectivity index (χ4v) is 1.90. The summed E-state index contributed by atoms with van der Waals surface area (Å²) in [4.78, 5) is 8.67. The van der Waals surface area contributed by atoms with Crippen LogP contribution in [-0.4, -0.2) is 19.6 Å². The number of aromatic nitrogens is 4. The maximum atomic E-state index is 4.37. The Morgan fingerprint density at radius 3 is 2.53 bits per heavy atom. The van der Waals surface area contributed by atoms with Gasteiger partial charge in [-0.25, -0.2) is 4.98 Å². The fourth-order valence-electron chi connectivity index (χ4n) is 1.90. The molecular weight excluding hydrogens is 212 g/mol. The van der Waals surface area contributed by atoms with Gasteiger partial charge in [-0.3, -0.25) is 0 Å². The molecule has 0 atom stereocenters. The predicted octanol–water partition coefficient (Wildman–Crippen LogP) is 2.41. The molecule has 3 rings (SSSR count). The Hall–Kier alpha value is -2.23. The minimum Gasteiger partial charge on any atom is -0.216 e. The molecule has 0 saturated heterocycles. The molecule has 0 radical (unpaired) electrons. The quantitative estimate of drug-likeness (QED) is 0.637. The van der Waals surface area contributed by atoms with Gasteiger partial charge in [0.15, 0.2) is 0 Å². The van der Waals surface area contributed by atoms with Gasteiger partial charge in [0, 0.05) is 11.3 Å². The number of benzene rings is 1. The summed E-state index contributed by atoms with van der Waals surface area (Å²) in [7, 11) is 0. The van der Waals surface area contributed by atoms with E-state index in [-0.39, 0.29) is 0 Å². The maximum absolute atomic E-state index is 4.37. The van der Waals surface area contributed by atoms with Gasteiger partial charge in [-0.05, 0) is 19.9 Å². The Bertz CT molecular complexity index is 670. The lowest BCUT2D eigenvalue weighted by atomic mass is 10.1. The highest BCUT2D eigenvalue weighted by atomic mass is 15.3. The van der Waals surface area contributed by atoms with E-state index in [2.05, 4.69) is 27.2 Å². The minimum atomic E-state index is 0.654. The zero-order valence-corrected chi connectivity index (χ0v) is 9.75. The number of hydrogen-bond donors (Lipinski definition) is 0. The van der Waals surface area contributed by atoms with Gasteiger partial charge >= 0.3 is 0 Å². The van der Waals surface area contributed by atoms with Crippen LogP contribution >= 0.6 is 0 Å². The molecular formula is C13H12N4. The van der Waals surface area contributed by atoms with E-state index < -0.39 is 0 Å². The summed E-state index contributed by atoms with van der Waals surface area (Å²) < 4.78 is 1.79. The number of aryl methyl sites for hydroxylation is 2. The van der Waals surface area contributed by atoms with Gasteiger partial charge in [-0.1, -0.05) is 30.3 Å².